The van der Waals surface area contributed by atoms with Crippen molar-refractivity contribution >= 4 is 63.7 Å². The van der Waals surface area contributed by atoms with Gasteiger partial charge in [-0.2, -0.15) is 0 Å². The third kappa shape index (κ3) is 10.3. The molecule has 0 aromatic rings. The average molecular weight is 474 g/mol. The zero-order valence-corrected chi connectivity index (χ0v) is 14.6. The molecular formula is C9H14Br4O2. The highest BCUT2D eigenvalue weighted by Gasteiger charge is 2.05. The van der Waals surface area contributed by atoms with E-state index in [0.29, 0.717) is 35.2 Å². The van der Waals surface area contributed by atoms with E-state index in [0.717, 1.165) is 10.7 Å². The maximum absolute atomic E-state index is 5.39. The highest BCUT2D eigenvalue weighted by atomic mass is 79.9. The first-order chi connectivity index (χ1) is 7.10. The summed E-state index contributed by atoms with van der Waals surface area (Å²) in [5.41, 5.74) is 0. The molecule has 0 aromatic heterocycles. The first-order valence-electron chi connectivity index (χ1n) is 4.38. The van der Waals surface area contributed by atoms with Crippen LogP contribution in [0.2, 0.25) is 0 Å². The van der Waals surface area contributed by atoms with Crippen LogP contribution in [0.5, 0.6) is 0 Å². The van der Waals surface area contributed by atoms with Gasteiger partial charge in [-0.1, -0.05) is 70.3 Å². The standard InChI is InChI=1S/C9H14Br4O2/c1-7(15-6-9(13)3-11)4-14-5-8(12)2-10/h8-9H,1-6H2. The quantitative estimate of drug-likeness (QED) is 0.374. The first kappa shape index (κ1) is 16.4. The van der Waals surface area contributed by atoms with Crippen LogP contribution in [-0.4, -0.2) is 40.1 Å². The predicted octanol–water partition coefficient (Wildman–Crippen LogP) is 3.85. The van der Waals surface area contributed by atoms with Crippen molar-refractivity contribution in [2.75, 3.05) is 30.5 Å². The Kier molecular flexibility index (Phi) is 11.6. The Labute approximate surface area is 125 Å². The van der Waals surface area contributed by atoms with Crippen molar-refractivity contribution in [3.05, 3.63) is 12.3 Å². The van der Waals surface area contributed by atoms with Gasteiger partial charge in [0.05, 0.1) is 11.4 Å². The molecule has 0 bridgehead atoms. The first-order valence-corrected chi connectivity index (χ1v) is 8.46. The van der Waals surface area contributed by atoms with Crippen molar-refractivity contribution in [2.45, 2.75) is 9.65 Å². The minimum absolute atomic E-state index is 0.306. The Morgan fingerprint density at radius 3 is 2.13 bits per heavy atom. The molecule has 0 aliphatic carbocycles. The van der Waals surface area contributed by atoms with E-state index in [4.69, 9.17) is 9.47 Å². The molecule has 0 amide bonds. The lowest BCUT2D eigenvalue weighted by atomic mass is 10.5. The lowest BCUT2D eigenvalue weighted by Crippen LogP contribution is -2.14. The van der Waals surface area contributed by atoms with Gasteiger partial charge in [-0.25, -0.2) is 0 Å². The van der Waals surface area contributed by atoms with Crippen molar-refractivity contribution in [1.29, 1.82) is 0 Å². The molecular weight excluding hydrogens is 460 g/mol. The molecule has 0 rings (SSSR count). The molecule has 0 heterocycles. The van der Waals surface area contributed by atoms with E-state index in [2.05, 4.69) is 70.3 Å². The molecule has 6 heteroatoms. The molecule has 0 fully saturated rings. The van der Waals surface area contributed by atoms with E-state index in [1.807, 2.05) is 0 Å². The summed E-state index contributed by atoms with van der Waals surface area (Å²) < 4.78 is 10.8. The van der Waals surface area contributed by atoms with Crippen LogP contribution in [0.3, 0.4) is 0 Å². The summed E-state index contributed by atoms with van der Waals surface area (Å²) in [5, 5.41) is 1.72. The Hall–Kier alpha value is 1.42. The van der Waals surface area contributed by atoms with Crippen LogP contribution in [-0.2, 0) is 9.47 Å². The third-order valence-electron chi connectivity index (χ3n) is 1.36. The predicted molar refractivity (Wildman–Crippen MR) is 78.9 cm³/mol. The SMILES string of the molecule is C=C(COCC(Br)CBr)OCC(Br)CBr. The number of hydrogen-bond acceptors (Lipinski definition) is 2. The van der Waals surface area contributed by atoms with Gasteiger partial charge < -0.3 is 9.47 Å². The Morgan fingerprint density at radius 1 is 1.07 bits per heavy atom. The fraction of sp³-hybridized carbons (Fsp3) is 0.778. The van der Waals surface area contributed by atoms with Gasteiger partial charge >= 0.3 is 0 Å². The highest BCUT2D eigenvalue weighted by Crippen LogP contribution is 2.08. The zero-order valence-electron chi connectivity index (χ0n) is 8.23. The van der Waals surface area contributed by atoms with Gasteiger partial charge in [0.25, 0.3) is 0 Å². The summed E-state index contributed by atoms with van der Waals surface area (Å²) in [7, 11) is 0. The number of halogens is 4. The fourth-order valence-electron chi connectivity index (χ4n) is 0.640. The number of alkyl halides is 4. The van der Waals surface area contributed by atoms with Crippen LogP contribution in [0.25, 0.3) is 0 Å². The molecule has 0 radical (unpaired) electrons. The summed E-state index contributed by atoms with van der Waals surface area (Å²) in [4.78, 5) is 0.637. The van der Waals surface area contributed by atoms with Crippen molar-refractivity contribution in [3.63, 3.8) is 0 Å². The lowest BCUT2D eigenvalue weighted by Gasteiger charge is -2.12. The highest BCUT2D eigenvalue weighted by molar-refractivity contribution is 9.12. The molecule has 90 valence electrons. The lowest BCUT2D eigenvalue weighted by molar-refractivity contribution is 0.103. The third-order valence-corrected chi connectivity index (χ3v) is 5.84. The Bertz CT molecular complexity index is 177. The van der Waals surface area contributed by atoms with Crippen LogP contribution in [0.15, 0.2) is 12.3 Å². The van der Waals surface area contributed by atoms with Crippen molar-refractivity contribution in [3.8, 4) is 0 Å². The summed E-state index contributed by atoms with van der Waals surface area (Å²) >= 11 is 13.6. The van der Waals surface area contributed by atoms with Crippen molar-refractivity contribution in [2.24, 2.45) is 0 Å². The monoisotopic (exact) mass is 470 g/mol. The summed E-state index contributed by atoms with van der Waals surface area (Å²) in [6.45, 7) is 5.46. The van der Waals surface area contributed by atoms with Gasteiger partial charge in [0, 0.05) is 15.5 Å². The molecule has 2 nitrogen and oxygen atoms in total. The minimum atomic E-state index is 0.306. The Morgan fingerprint density at radius 2 is 1.60 bits per heavy atom. The van der Waals surface area contributed by atoms with E-state index in [1.54, 1.807) is 0 Å². The molecule has 0 N–H and O–H groups in total. The second-order valence-electron chi connectivity index (χ2n) is 2.87. The molecule has 0 aliphatic heterocycles. The van der Waals surface area contributed by atoms with Gasteiger partial charge in [-0.15, -0.1) is 0 Å². The Balaban J connectivity index is 3.41. The van der Waals surface area contributed by atoms with Crippen molar-refractivity contribution < 1.29 is 9.47 Å². The number of rotatable bonds is 9. The molecule has 2 unspecified atom stereocenters. The topological polar surface area (TPSA) is 18.5 Å². The second kappa shape index (κ2) is 10.6. The fourth-order valence-corrected chi connectivity index (χ4v) is 1.33. The van der Waals surface area contributed by atoms with Gasteiger partial charge in [0.2, 0.25) is 0 Å². The number of ether oxygens (including phenoxy) is 2. The van der Waals surface area contributed by atoms with Crippen LogP contribution in [0, 0.1) is 0 Å². The average Bonchev–Trinajstić information content (AvgIpc) is 2.25. The van der Waals surface area contributed by atoms with Gasteiger partial charge in [0.15, 0.2) is 0 Å². The summed E-state index contributed by atoms with van der Waals surface area (Å²) in [5.74, 6) is 0.662. The second-order valence-corrected chi connectivity index (χ2v) is 6.75. The van der Waals surface area contributed by atoms with E-state index in [1.165, 1.54) is 0 Å². The largest absolute Gasteiger partial charge is 0.495 e. The van der Waals surface area contributed by atoms with Crippen LogP contribution >= 0.6 is 63.7 Å². The number of hydrogen-bond donors (Lipinski definition) is 0. The van der Waals surface area contributed by atoms with Gasteiger partial charge in [-0.05, 0) is 0 Å². The van der Waals surface area contributed by atoms with E-state index < -0.39 is 0 Å². The van der Waals surface area contributed by atoms with Crippen LogP contribution in [0.4, 0.5) is 0 Å². The normalized spacial score (nSPS) is 14.7. The van der Waals surface area contributed by atoms with Crippen molar-refractivity contribution in [1.82, 2.24) is 0 Å². The van der Waals surface area contributed by atoms with E-state index in [-0.39, 0.29) is 0 Å². The summed E-state index contributed by atoms with van der Waals surface area (Å²) in [6.07, 6.45) is 0. The van der Waals surface area contributed by atoms with Crippen LogP contribution in [0.1, 0.15) is 0 Å². The molecule has 0 aromatic carbocycles. The molecule has 2 atom stereocenters. The smallest absolute Gasteiger partial charge is 0.115 e. The zero-order chi connectivity index (χ0) is 11.7. The molecule has 15 heavy (non-hydrogen) atoms. The molecule has 0 spiro atoms. The van der Waals surface area contributed by atoms with E-state index >= 15 is 0 Å². The molecule has 0 saturated carbocycles. The van der Waals surface area contributed by atoms with Crippen LogP contribution < -0.4 is 0 Å². The molecule has 0 saturated heterocycles. The van der Waals surface area contributed by atoms with Gasteiger partial charge in [-0.3, -0.25) is 0 Å². The van der Waals surface area contributed by atoms with E-state index in [9.17, 15) is 0 Å². The molecule has 0 aliphatic rings. The maximum atomic E-state index is 5.39. The van der Waals surface area contributed by atoms with Gasteiger partial charge in [0.1, 0.15) is 19.0 Å². The minimum Gasteiger partial charge on any atom is -0.495 e. The maximum Gasteiger partial charge on any atom is 0.115 e. The summed E-state index contributed by atoms with van der Waals surface area (Å²) in [6, 6.07) is 0.